The highest BCUT2D eigenvalue weighted by Gasteiger charge is 1.85. The van der Waals surface area contributed by atoms with Crippen LogP contribution >= 0.6 is 0 Å². The third kappa shape index (κ3) is 4.61. The van der Waals surface area contributed by atoms with Crippen molar-refractivity contribution in [2.45, 2.75) is 7.43 Å². The minimum absolute atomic E-state index is 0. The lowest BCUT2D eigenvalue weighted by Crippen LogP contribution is -1.65. The molecular weight excluding hydrogens is 196 g/mol. The zero-order valence-corrected chi connectivity index (χ0v) is 7.25. The average molecular weight is 208 g/mol. The van der Waals surface area contributed by atoms with Gasteiger partial charge in [-0.15, -0.1) is 0 Å². The second-order valence-electron chi connectivity index (χ2n) is 2.27. The fourth-order valence-corrected chi connectivity index (χ4v) is 0.717. The van der Waals surface area contributed by atoms with Crippen LogP contribution in [0.5, 0.6) is 0 Å². The molecule has 0 saturated carbocycles. The molecule has 0 N–H and O–H groups in total. The topological polar surface area (TPSA) is 60.4 Å². The molecule has 0 atom stereocenters. The molecule has 2 aromatic heterocycles. The summed E-state index contributed by atoms with van der Waals surface area (Å²) in [5.74, 6) is 0.750. The van der Waals surface area contributed by atoms with Gasteiger partial charge in [0.25, 0.3) is 0 Å². The highest BCUT2D eigenvalue weighted by Crippen LogP contribution is 1.93. The van der Waals surface area contributed by atoms with Crippen molar-refractivity contribution < 1.29 is 18.4 Å². The van der Waals surface area contributed by atoms with Crippen molar-refractivity contribution in [3.8, 4) is 0 Å². The van der Waals surface area contributed by atoms with E-state index in [1.54, 1.807) is 24.3 Å². The van der Waals surface area contributed by atoms with E-state index in [4.69, 9.17) is 0 Å². The molecule has 2 aromatic rings. The molecule has 0 unspecified atom stereocenters. The molecule has 0 bridgehead atoms. The largest absolute Gasteiger partial charge is 0.462 e. The van der Waals surface area contributed by atoms with Crippen molar-refractivity contribution in [1.82, 2.24) is 0 Å². The number of rotatable bonds is 2. The SMILES string of the molecule is C.O=Cc1ccco1.O=Cc1ccco1. The summed E-state index contributed by atoms with van der Waals surface area (Å²) in [5, 5.41) is 0. The van der Waals surface area contributed by atoms with Crippen LogP contribution in [0.3, 0.4) is 0 Å². The molecule has 0 amide bonds. The molecule has 4 nitrogen and oxygen atoms in total. The molecule has 15 heavy (non-hydrogen) atoms. The fourth-order valence-electron chi connectivity index (χ4n) is 0.717. The number of hydrogen-bond acceptors (Lipinski definition) is 4. The van der Waals surface area contributed by atoms with Crippen LogP contribution in [-0.4, -0.2) is 12.6 Å². The summed E-state index contributed by atoms with van der Waals surface area (Å²) in [7, 11) is 0. The first-order valence-electron chi connectivity index (χ1n) is 3.84. The minimum atomic E-state index is 0. The molecule has 0 radical (unpaired) electrons. The van der Waals surface area contributed by atoms with E-state index < -0.39 is 0 Å². The normalized spacial score (nSPS) is 8.00. The number of aldehydes is 2. The van der Waals surface area contributed by atoms with Crippen molar-refractivity contribution in [2.24, 2.45) is 0 Å². The van der Waals surface area contributed by atoms with Gasteiger partial charge in [-0.2, -0.15) is 0 Å². The van der Waals surface area contributed by atoms with E-state index in [1.165, 1.54) is 12.5 Å². The maximum absolute atomic E-state index is 9.77. The van der Waals surface area contributed by atoms with Crippen LogP contribution in [0.1, 0.15) is 28.5 Å². The van der Waals surface area contributed by atoms with Crippen LogP contribution in [-0.2, 0) is 0 Å². The summed E-state index contributed by atoms with van der Waals surface area (Å²) in [6, 6.07) is 6.55. The molecule has 0 aromatic carbocycles. The van der Waals surface area contributed by atoms with Crippen LogP contribution in [0.4, 0.5) is 0 Å². The van der Waals surface area contributed by atoms with Gasteiger partial charge in [0.1, 0.15) is 0 Å². The highest BCUT2D eigenvalue weighted by atomic mass is 16.3. The molecule has 0 aliphatic carbocycles. The third-order valence-corrected chi connectivity index (χ3v) is 1.32. The Kier molecular flexibility index (Phi) is 6.29. The van der Waals surface area contributed by atoms with Crippen LogP contribution in [0.15, 0.2) is 45.6 Å². The first kappa shape index (κ1) is 12.9. The molecule has 0 fully saturated rings. The van der Waals surface area contributed by atoms with Crippen molar-refractivity contribution in [1.29, 1.82) is 0 Å². The van der Waals surface area contributed by atoms with Gasteiger partial charge in [0.2, 0.25) is 0 Å². The van der Waals surface area contributed by atoms with Gasteiger partial charge >= 0.3 is 0 Å². The van der Waals surface area contributed by atoms with Gasteiger partial charge in [-0.1, -0.05) is 7.43 Å². The van der Waals surface area contributed by atoms with Crippen LogP contribution in [0.2, 0.25) is 0 Å². The molecule has 0 aliphatic heterocycles. The van der Waals surface area contributed by atoms with Gasteiger partial charge in [0, 0.05) is 0 Å². The zero-order chi connectivity index (χ0) is 10.2. The van der Waals surface area contributed by atoms with Gasteiger partial charge < -0.3 is 8.83 Å². The maximum atomic E-state index is 9.77. The van der Waals surface area contributed by atoms with Crippen LogP contribution in [0.25, 0.3) is 0 Å². The van der Waals surface area contributed by atoms with E-state index in [9.17, 15) is 9.59 Å². The second-order valence-corrected chi connectivity index (χ2v) is 2.27. The minimum Gasteiger partial charge on any atom is -0.462 e. The number of carbonyl (C=O) groups excluding carboxylic acids is 2. The first-order chi connectivity index (χ1) is 6.86. The molecule has 2 rings (SSSR count). The quantitative estimate of drug-likeness (QED) is 0.712. The molecule has 0 spiro atoms. The lowest BCUT2D eigenvalue weighted by Gasteiger charge is -1.68. The summed E-state index contributed by atoms with van der Waals surface area (Å²) in [5.41, 5.74) is 0. The van der Waals surface area contributed by atoms with E-state index in [-0.39, 0.29) is 7.43 Å². The Morgan fingerprint density at radius 1 is 0.867 bits per heavy atom. The average Bonchev–Trinajstić information content (AvgIpc) is 2.92. The molecule has 0 aliphatic rings. The van der Waals surface area contributed by atoms with E-state index in [2.05, 4.69) is 8.83 Å². The Hall–Kier alpha value is -2.10. The number of hydrogen-bond donors (Lipinski definition) is 0. The van der Waals surface area contributed by atoms with Crippen LogP contribution in [0, 0.1) is 0 Å². The van der Waals surface area contributed by atoms with Crippen molar-refractivity contribution in [3.05, 3.63) is 48.3 Å². The van der Waals surface area contributed by atoms with Gasteiger partial charge in [-0.3, -0.25) is 9.59 Å². The van der Waals surface area contributed by atoms with Gasteiger partial charge in [-0.05, 0) is 24.3 Å². The summed E-state index contributed by atoms with van der Waals surface area (Å²) in [4.78, 5) is 19.5. The van der Waals surface area contributed by atoms with Crippen molar-refractivity contribution in [3.63, 3.8) is 0 Å². The Bertz CT molecular complexity index is 321. The van der Waals surface area contributed by atoms with Gasteiger partial charge in [-0.25, -0.2) is 0 Å². The van der Waals surface area contributed by atoms with Gasteiger partial charge in [0.05, 0.1) is 12.5 Å². The Labute approximate surface area is 87.5 Å². The molecule has 2 heterocycles. The van der Waals surface area contributed by atoms with Gasteiger partial charge in [0.15, 0.2) is 24.1 Å². The van der Waals surface area contributed by atoms with E-state index in [0.29, 0.717) is 24.1 Å². The van der Waals surface area contributed by atoms with Crippen molar-refractivity contribution in [2.75, 3.05) is 0 Å². The zero-order valence-electron chi connectivity index (χ0n) is 7.25. The summed E-state index contributed by atoms with van der Waals surface area (Å²) >= 11 is 0. The van der Waals surface area contributed by atoms with Crippen molar-refractivity contribution >= 4 is 12.6 Å². The number of carbonyl (C=O) groups is 2. The highest BCUT2D eigenvalue weighted by molar-refractivity contribution is 5.70. The smallest absolute Gasteiger partial charge is 0.185 e. The van der Waals surface area contributed by atoms with E-state index in [1.807, 2.05) is 0 Å². The summed E-state index contributed by atoms with van der Waals surface area (Å²) in [6.07, 6.45) is 4.26. The Morgan fingerprint density at radius 3 is 1.40 bits per heavy atom. The van der Waals surface area contributed by atoms with E-state index >= 15 is 0 Å². The Morgan fingerprint density at radius 2 is 1.27 bits per heavy atom. The lowest BCUT2D eigenvalue weighted by atomic mass is 10.5. The maximum Gasteiger partial charge on any atom is 0.185 e. The number of furan rings is 2. The monoisotopic (exact) mass is 208 g/mol. The summed E-state index contributed by atoms with van der Waals surface area (Å²) in [6.45, 7) is 0. The second kappa shape index (κ2) is 7.32. The molecule has 4 heteroatoms. The predicted octanol–water partition coefficient (Wildman–Crippen LogP) is 2.82. The molecule has 80 valence electrons. The fraction of sp³-hybridized carbons (Fsp3) is 0.0909. The standard InChI is InChI=1S/2C5H4O2.CH4/c2*6-4-5-2-1-3-7-5;/h2*1-4H;1H4. The van der Waals surface area contributed by atoms with Crippen LogP contribution < -0.4 is 0 Å². The third-order valence-electron chi connectivity index (χ3n) is 1.32. The van der Waals surface area contributed by atoms with E-state index in [0.717, 1.165) is 0 Å². The predicted molar refractivity (Wildman–Crippen MR) is 54.9 cm³/mol. The lowest BCUT2D eigenvalue weighted by molar-refractivity contribution is 0.109. The first-order valence-corrected chi connectivity index (χ1v) is 3.84. The Balaban J connectivity index is 0.000000245. The molecule has 0 saturated heterocycles. The molecular formula is C11H12O4. The summed E-state index contributed by atoms with van der Waals surface area (Å²) < 4.78 is 9.23.